The fourth-order valence-corrected chi connectivity index (χ4v) is 6.14. The molecule has 188 valence electrons. The van der Waals surface area contributed by atoms with Crippen molar-refractivity contribution in [1.29, 1.82) is 0 Å². The molecule has 0 heterocycles. The van der Waals surface area contributed by atoms with Crippen LogP contribution in [0.3, 0.4) is 0 Å². The Morgan fingerprint density at radius 3 is 1.38 bits per heavy atom. The number of halogens is 7. The second kappa shape index (κ2) is 11.3. The molecule has 0 amide bonds. The van der Waals surface area contributed by atoms with Crippen molar-refractivity contribution in [3.63, 3.8) is 0 Å². The number of rotatable bonds is 6. The van der Waals surface area contributed by atoms with Crippen LogP contribution in [-0.2, 0) is 19.1 Å². The van der Waals surface area contributed by atoms with Crippen molar-refractivity contribution in [2.24, 2.45) is 5.14 Å². The molecule has 2 rings (SSSR count). The Morgan fingerprint density at radius 2 is 1.12 bits per heavy atom. The van der Waals surface area contributed by atoms with Gasteiger partial charge in [0.15, 0.2) is 0 Å². The number of benzene rings is 2. The fraction of sp³-hybridized carbons (Fsp3) is 0.125. The van der Waals surface area contributed by atoms with Crippen molar-refractivity contribution < 1.29 is 54.2 Å². The zero-order valence-electron chi connectivity index (χ0n) is 15.8. The van der Waals surface area contributed by atoms with Gasteiger partial charge in [-0.05, 0) is 56.1 Å². The molecule has 4 N–H and O–H groups in total. The number of nitrogens with two attached hydrogens (primary N) is 1. The molecule has 0 aliphatic carbocycles. The van der Waals surface area contributed by atoms with Gasteiger partial charge in [0.1, 0.15) is 0 Å². The van der Waals surface area contributed by atoms with Crippen LogP contribution in [0, 0.1) is 0 Å². The Balaban J connectivity index is 0.000000340. The van der Waals surface area contributed by atoms with Gasteiger partial charge in [0.05, 0.1) is 20.9 Å². The summed E-state index contributed by atoms with van der Waals surface area (Å²) in [5, 5.41) is 22.2. The summed E-state index contributed by atoms with van der Waals surface area (Å²) in [6.45, 7) is 0. The Labute approximate surface area is 210 Å². The van der Waals surface area contributed by atoms with E-state index in [1.54, 1.807) is 0 Å². The first-order chi connectivity index (χ1) is 15.3. The second-order valence-corrected chi connectivity index (χ2v) is 11.7. The van der Waals surface area contributed by atoms with Crippen LogP contribution in [0.5, 0.6) is 0 Å². The van der Waals surface area contributed by atoms with Gasteiger partial charge >= 0.3 is 11.9 Å². The predicted octanol–water partition coefficient (Wildman–Crippen LogP) is 4.74. The zero-order valence-corrected chi connectivity index (χ0v) is 21.4. The van der Waals surface area contributed by atoms with Gasteiger partial charge in [-0.25, -0.2) is 49.1 Å². The second-order valence-electron chi connectivity index (χ2n) is 5.93. The van der Waals surface area contributed by atoms with Crippen LogP contribution in [0.1, 0.15) is 44.7 Å². The molecule has 18 heteroatoms. The molecule has 0 saturated heterocycles. The lowest BCUT2D eigenvalue weighted by atomic mass is 10.1. The first-order valence-corrected chi connectivity index (χ1v) is 13.4. The van der Waals surface area contributed by atoms with Crippen LogP contribution in [0.2, 0.25) is 0 Å². The van der Waals surface area contributed by atoms with Crippen molar-refractivity contribution in [3.05, 3.63) is 55.5 Å². The van der Waals surface area contributed by atoms with Gasteiger partial charge in [0, 0.05) is 30.8 Å². The molecule has 0 aliphatic rings. The van der Waals surface area contributed by atoms with E-state index in [0.29, 0.717) is 12.1 Å². The third-order valence-electron chi connectivity index (χ3n) is 3.71. The summed E-state index contributed by atoms with van der Waals surface area (Å²) in [6, 6.07) is 2.65. The Kier molecular flexibility index (Phi) is 10.0. The summed E-state index contributed by atoms with van der Waals surface area (Å²) in [7, 11) is -3.37. The van der Waals surface area contributed by atoms with Crippen molar-refractivity contribution in [2.75, 3.05) is 0 Å². The van der Waals surface area contributed by atoms with E-state index in [0.717, 1.165) is 12.1 Å². The van der Waals surface area contributed by atoms with E-state index in [1.165, 1.54) is 0 Å². The van der Waals surface area contributed by atoms with E-state index in [2.05, 4.69) is 31.9 Å². The molecule has 0 aliphatic heterocycles. The maximum atomic E-state index is 12.5. The average Bonchev–Trinajstić information content (AvgIpc) is 2.65. The number of hydrogen-bond donors (Lipinski definition) is 3. The fourth-order valence-electron chi connectivity index (χ4n) is 2.27. The molecule has 9 nitrogen and oxygen atoms in total. The lowest BCUT2D eigenvalue weighted by molar-refractivity contribution is 0.0675. The van der Waals surface area contributed by atoms with Crippen LogP contribution in [0.15, 0.2) is 43.0 Å². The summed E-state index contributed by atoms with van der Waals surface area (Å²) in [5.74, 6) is -3.31. The Hall–Kier alpha value is -1.79. The minimum Gasteiger partial charge on any atom is -0.478 e. The summed E-state index contributed by atoms with van der Waals surface area (Å²) >= 11 is 5.49. The highest BCUT2D eigenvalue weighted by Crippen LogP contribution is 2.33. The van der Waals surface area contributed by atoms with Crippen LogP contribution >= 0.6 is 42.5 Å². The maximum absolute atomic E-state index is 12.5. The number of primary sulfonamides is 1. The van der Waals surface area contributed by atoms with Gasteiger partial charge in [0.25, 0.3) is 21.9 Å². The number of sulfonamides is 1. The van der Waals surface area contributed by atoms with Gasteiger partial charge in [-0.1, -0.05) is 0 Å². The summed E-state index contributed by atoms with van der Waals surface area (Å²) in [6.07, 6.45) is -6.07. The molecular formula is C16H10Br2ClF4NO8S2. The van der Waals surface area contributed by atoms with E-state index >= 15 is 0 Å². The third-order valence-corrected chi connectivity index (χ3v) is 7.86. The molecule has 0 aromatic heterocycles. The predicted molar refractivity (Wildman–Crippen MR) is 117 cm³/mol. The molecular weight excluding hydrogens is 670 g/mol. The normalized spacial score (nSPS) is 11.8. The smallest absolute Gasteiger partial charge is 0.336 e. The quantitative estimate of drug-likeness (QED) is 0.291. The highest BCUT2D eigenvalue weighted by molar-refractivity contribution is 9.10. The molecule has 0 spiro atoms. The average molecular weight is 680 g/mol. The first kappa shape index (κ1) is 30.2. The van der Waals surface area contributed by atoms with Gasteiger partial charge in [-0.15, -0.1) is 0 Å². The number of carboxylic acid groups (broad SMARTS) is 2. The number of hydrogen-bond acceptors (Lipinski definition) is 6. The van der Waals surface area contributed by atoms with E-state index in [-0.39, 0.29) is 8.95 Å². The highest BCUT2D eigenvalue weighted by atomic mass is 79.9. The minimum absolute atomic E-state index is 0.208. The molecule has 2 aromatic carbocycles. The molecule has 0 radical (unpaired) electrons. The topological polar surface area (TPSA) is 169 Å². The minimum atomic E-state index is -4.21. The Morgan fingerprint density at radius 1 is 0.794 bits per heavy atom. The van der Waals surface area contributed by atoms with E-state index in [4.69, 9.17) is 26.0 Å². The zero-order chi connectivity index (χ0) is 26.8. The molecule has 34 heavy (non-hydrogen) atoms. The molecule has 0 atom stereocenters. The SMILES string of the molecule is NS(=O)(=O)c1cc(C(=O)O)c(C(F)F)cc1Br.O=C(O)c1cc(S(=O)(=O)Cl)c(Br)cc1C(F)F. The van der Waals surface area contributed by atoms with Gasteiger partial charge in [-0.3, -0.25) is 0 Å². The van der Waals surface area contributed by atoms with Crippen molar-refractivity contribution in [2.45, 2.75) is 22.6 Å². The molecule has 0 unspecified atom stereocenters. The third kappa shape index (κ3) is 7.61. The first-order valence-electron chi connectivity index (χ1n) is 7.96. The summed E-state index contributed by atoms with van der Waals surface area (Å²) < 4.78 is 94.0. The molecule has 2 aromatic rings. The van der Waals surface area contributed by atoms with Crippen LogP contribution < -0.4 is 5.14 Å². The number of carbonyl (C=O) groups is 2. The number of aromatic carboxylic acids is 2. The molecule has 0 saturated carbocycles. The molecule has 0 fully saturated rings. The number of alkyl halides is 4. The van der Waals surface area contributed by atoms with Gasteiger partial charge < -0.3 is 10.2 Å². The summed E-state index contributed by atoms with van der Waals surface area (Å²) in [4.78, 5) is 20.3. The standard InChI is InChI=1S/C8H4BrClF2O4S.C8H6BrF2NO4S/c9-5-1-3(7(11)12)4(8(13)14)2-6(5)17(10,15)16;9-5-1-3(7(10)11)4(8(13)14)2-6(5)17(12,15)16/h1-2,7H,(H,13,14);1-2,7H,(H,13,14)(H2,12,15,16). The lowest BCUT2D eigenvalue weighted by Gasteiger charge is -2.09. The van der Waals surface area contributed by atoms with E-state index < -0.39 is 75.9 Å². The molecule has 0 bridgehead atoms. The van der Waals surface area contributed by atoms with Crippen LogP contribution in [0.4, 0.5) is 17.6 Å². The van der Waals surface area contributed by atoms with Crippen LogP contribution in [-0.4, -0.2) is 39.0 Å². The summed E-state index contributed by atoms with van der Waals surface area (Å²) in [5.41, 5.74) is -3.17. The van der Waals surface area contributed by atoms with Crippen molar-refractivity contribution >= 4 is 73.6 Å². The van der Waals surface area contributed by atoms with Gasteiger partial charge in [0.2, 0.25) is 10.0 Å². The monoisotopic (exact) mass is 677 g/mol. The van der Waals surface area contributed by atoms with E-state index in [1.807, 2.05) is 0 Å². The maximum Gasteiger partial charge on any atom is 0.336 e. The number of carboxylic acids is 2. The highest BCUT2D eigenvalue weighted by Gasteiger charge is 2.25. The van der Waals surface area contributed by atoms with Crippen molar-refractivity contribution in [1.82, 2.24) is 0 Å². The van der Waals surface area contributed by atoms with E-state index in [9.17, 15) is 44.0 Å². The van der Waals surface area contributed by atoms with Crippen molar-refractivity contribution in [3.8, 4) is 0 Å². The van der Waals surface area contributed by atoms with Gasteiger partial charge in [-0.2, -0.15) is 0 Å². The van der Waals surface area contributed by atoms with Crippen LogP contribution in [0.25, 0.3) is 0 Å². The largest absolute Gasteiger partial charge is 0.478 e. The Bertz CT molecular complexity index is 1250. The lowest BCUT2D eigenvalue weighted by Crippen LogP contribution is -2.15.